The number of nitrogens with one attached hydrogen (secondary N) is 1. The fourth-order valence-corrected chi connectivity index (χ4v) is 2.43. The van der Waals surface area contributed by atoms with E-state index in [2.05, 4.69) is 10.3 Å². The van der Waals surface area contributed by atoms with Crippen molar-refractivity contribution >= 4 is 5.91 Å². The number of aromatic nitrogens is 1. The summed E-state index contributed by atoms with van der Waals surface area (Å²) in [5, 5.41) is 2.87. The van der Waals surface area contributed by atoms with E-state index in [0.29, 0.717) is 18.9 Å². The van der Waals surface area contributed by atoms with Gasteiger partial charge in [-0.2, -0.15) is 0 Å². The number of hydrogen-bond donors (Lipinski definition) is 1. The van der Waals surface area contributed by atoms with E-state index >= 15 is 0 Å². The zero-order chi connectivity index (χ0) is 18.2. The van der Waals surface area contributed by atoms with Crippen molar-refractivity contribution in [2.24, 2.45) is 0 Å². The van der Waals surface area contributed by atoms with E-state index in [4.69, 9.17) is 4.74 Å². The van der Waals surface area contributed by atoms with Crippen molar-refractivity contribution in [1.82, 2.24) is 10.3 Å². The summed E-state index contributed by atoms with van der Waals surface area (Å²) in [6.07, 6.45) is 1.93. The van der Waals surface area contributed by atoms with Gasteiger partial charge in [0.1, 0.15) is 18.2 Å². The molecule has 0 bridgehead atoms. The Balaban J connectivity index is 1.46. The summed E-state index contributed by atoms with van der Waals surface area (Å²) in [6.45, 7) is 0.744. The second-order valence-electron chi connectivity index (χ2n) is 5.84. The fourth-order valence-electron chi connectivity index (χ4n) is 2.43. The second-order valence-corrected chi connectivity index (χ2v) is 5.84. The highest BCUT2D eigenvalue weighted by atomic mass is 19.1. The average Bonchev–Trinajstić information content (AvgIpc) is 2.66. The molecule has 0 atom stereocenters. The van der Waals surface area contributed by atoms with Crippen LogP contribution in [0.15, 0.2) is 72.9 Å². The maximum atomic E-state index is 13.1. The first-order valence-corrected chi connectivity index (χ1v) is 8.32. The lowest BCUT2D eigenvalue weighted by Gasteiger charge is -2.08. The fraction of sp³-hybridized carbons (Fsp3) is 0.143. The van der Waals surface area contributed by atoms with E-state index in [-0.39, 0.29) is 18.1 Å². The molecule has 132 valence electrons. The molecule has 1 heterocycles. The molecule has 2 aromatic carbocycles. The number of benzene rings is 2. The number of nitrogens with zero attached hydrogens (tertiary/aromatic N) is 1. The van der Waals surface area contributed by atoms with Crippen molar-refractivity contribution in [1.29, 1.82) is 0 Å². The third-order valence-corrected chi connectivity index (χ3v) is 3.78. The Kier molecular flexibility index (Phi) is 5.93. The predicted octanol–water partition coefficient (Wildman–Crippen LogP) is 3.66. The van der Waals surface area contributed by atoms with Gasteiger partial charge in [-0.25, -0.2) is 4.39 Å². The zero-order valence-electron chi connectivity index (χ0n) is 14.2. The third kappa shape index (κ3) is 5.41. The van der Waals surface area contributed by atoms with E-state index in [9.17, 15) is 9.18 Å². The molecule has 1 amide bonds. The van der Waals surface area contributed by atoms with Gasteiger partial charge in [-0.3, -0.25) is 9.78 Å². The largest absolute Gasteiger partial charge is 0.489 e. The Morgan fingerprint density at radius 1 is 1.00 bits per heavy atom. The molecular weight excluding hydrogens is 331 g/mol. The highest BCUT2D eigenvalue weighted by Crippen LogP contribution is 2.14. The Morgan fingerprint density at radius 2 is 1.85 bits per heavy atom. The Morgan fingerprint density at radius 3 is 2.58 bits per heavy atom. The lowest BCUT2D eigenvalue weighted by Crippen LogP contribution is -2.24. The summed E-state index contributed by atoms with van der Waals surface area (Å²) >= 11 is 0. The Hall–Kier alpha value is -3.21. The number of hydrogen-bond acceptors (Lipinski definition) is 3. The number of carbonyl (C=O) groups excluding carboxylic acids is 1. The molecule has 0 fully saturated rings. The van der Waals surface area contributed by atoms with Gasteiger partial charge in [0.25, 0.3) is 0 Å². The minimum atomic E-state index is -0.275. The van der Waals surface area contributed by atoms with Crippen LogP contribution in [-0.2, 0) is 24.4 Å². The highest BCUT2D eigenvalue weighted by molar-refractivity contribution is 5.78. The van der Waals surface area contributed by atoms with Gasteiger partial charge >= 0.3 is 0 Å². The van der Waals surface area contributed by atoms with Crippen LogP contribution in [0, 0.1) is 5.82 Å². The van der Waals surface area contributed by atoms with Gasteiger partial charge in [0.05, 0.1) is 6.42 Å². The number of amides is 1. The first-order valence-electron chi connectivity index (χ1n) is 8.32. The van der Waals surface area contributed by atoms with E-state index in [1.54, 1.807) is 12.3 Å². The lowest BCUT2D eigenvalue weighted by atomic mass is 10.2. The summed E-state index contributed by atoms with van der Waals surface area (Å²) in [5.74, 6) is 0.343. The van der Waals surface area contributed by atoms with Gasteiger partial charge in [-0.15, -0.1) is 0 Å². The first-order chi connectivity index (χ1) is 12.7. The molecule has 0 saturated heterocycles. The molecule has 0 saturated carbocycles. The van der Waals surface area contributed by atoms with Gasteiger partial charge in [-0.05, 0) is 47.5 Å². The van der Waals surface area contributed by atoms with E-state index in [1.165, 1.54) is 12.1 Å². The maximum Gasteiger partial charge on any atom is 0.226 e. The summed E-state index contributed by atoms with van der Waals surface area (Å²) in [7, 11) is 0. The van der Waals surface area contributed by atoms with Crippen LogP contribution in [0.2, 0.25) is 0 Å². The van der Waals surface area contributed by atoms with E-state index in [0.717, 1.165) is 16.8 Å². The monoisotopic (exact) mass is 350 g/mol. The van der Waals surface area contributed by atoms with Crippen LogP contribution in [-0.4, -0.2) is 10.9 Å². The van der Waals surface area contributed by atoms with E-state index < -0.39 is 0 Å². The van der Waals surface area contributed by atoms with E-state index in [1.807, 2.05) is 48.5 Å². The van der Waals surface area contributed by atoms with Crippen molar-refractivity contribution in [3.05, 3.63) is 95.6 Å². The van der Waals surface area contributed by atoms with Crippen molar-refractivity contribution in [2.45, 2.75) is 19.6 Å². The SMILES string of the molecule is O=C(Cc1ccccn1)NCc1ccc(OCc2cccc(F)c2)cc1. The van der Waals surface area contributed by atoms with Crippen LogP contribution in [0.4, 0.5) is 4.39 Å². The highest BCUT2D eigenvalue weighted by Gasteiger charge is 2.04. The molecule has 0 unspecified atom stereocenters. The molecule has 3 aromatic rings. The molecule has 0 aliphatic heterocycles. The van der Waals surface area contributed by atoms with Gasteiger partial charge in [0.15, 0.2) is 0 Å². The van der Waals surface area contributed by atoms with Crippen LogP contribution in [0.3, 0.4) is 0 Å². The minimum Gasteiger partial charge on any atom is -0.489 e. The van der Waals surface area contributed by atoms with Gasteiger partial charge in [-0.1, -0.05) is 30.3 Å². The molecule has 3 rings (SSSR count). The van der Waals surface area contributed by atoms with Crippen molar-refractivity contribution in [2.75, 3.05) is 0 Å². The number of ether oxygens (including phenoxy) is 1. The van der Waals surface area contributed by atoms with Crippen LogP contribution in [0.25, 0.3) is 0 Å². The molecular formula is C21H19FN2O2. The third-order valence-electron chi connectivity index (χ3n) is 3.78. The molecule has 4 nitrogen and oxygen atoms in total. The quantitative estimate of drug-likeness (QED) is 0.707. The first kappa shape index (κ1) is 17.6. The summed E-state index contributed by atoms with van der Waals surface area (Å²) in [5.41, 5.74) is 2.49. The van der Waals surface area contributed by atoms with Crippen LogP contribution in [0.5, 0.6) is 5.75 Å². The number of carbonyl (C=O) groups is 1. The number of rotatable bonds is 7. The van der Waals surface area contributed by atoms with Gasteiger partial charge < -0.3 is 10.1 Å². The smallest absolute Gasteiger partial charge is 0.226 e. The Bertz CT molecular complexity index is 851. The van der Waals surface area contributed by atoms with Crippen molar-refractivity contribution in [3.63, 3.8) is 0 Å². The topological polar surface area (TPSA) is 51.2 Å². The minimum absolute atomic E-state index is 0.0740. The molecule has 0 spiro atoms. The predicted molar refractivity (Wildman–Crippen MR) is 97.0 cm³/mol. The number of halogens is 1. The normalized spacial score (nSPS) is 10.3. The lowest BCUT2D eigenvalue weighted by molar-refractivity contribution is -0.120. The van der Waals surface area contributed by atoms with Crippen LogP contribution >= 0.6 is 0 Å². The van der Waals surface area contributed by atoms with Crippen LogP contribution < -0.4 is 10.1 Å². The average molecular weight is 350 g/mol. The van der Waals surface area contributed by atoms with Crippen molar-refractivity contribution in [3.8, 4) is 5.75 Å². The molecule has 5 heteroatoms. The Labute approximate surface area is 151 Å². The standard InChI is InChI=1S/C21H19FN2O2/c22-18-5-3-4-17(12-18)15-26-20-9-7-16(8-10-20)14-24-21(25)13-19-6-1-2-11-23-19/h1-12H,13-15H2,(H,24,25). The van der Waals surface area contributed by atoms with Gasteiger partial charge in [0, 0.05) is 18.4 Å². The molecule has 0 radical (unpaired) electrons. The second kappa shape index (κ2) is 8.76. The number of pyridine rings is 1. The van der Waals surface area contributed by atoms with Crippen molar-refractivity contribution < 1.29 is 13.9 Å². The molecule has 26 heavy (non-hydrogen) atoms. The zero-order valence-corrected chi connectivity index (χ0v) is 14.2. The maximum absolute atomic E-state index is 13.1. The molecule has 1 aromatic heterocycles. The van der Waals surface area contributed by atoms with Crippen LogP contribution in [0.1, 0.15) is 16.8 Å². The molecule has 0 aliphatic rings. The molecule has 1 N–H and O–H groups in total. The summed E-state index contributed by atoms with van der Waals surface area (Å²) in [4.78, 5) is 16.1. The van der Waals surface area contributed by atoms with Gasteiger partial charge in [0.2, 0.25) is 5.91 Å². The summed E-state index contributed by atoms with van der Waals surface area (Å²) < 4.78 is 18.8. The molecule has 0 aliphatic carbocycles. The summed E-state index contributed by atoms with van der Waals surface area (Å²) in [6, 6.07) is 19.3.